The van der Waals surface area contributed by atoms with Crippen molar-refractivity contribution in [3.05, 3.63) is 83.4 Å². The minimum atomic E-state index is -0.160. The molecule has 0 bridgehead atoms. The van der Waals surface area contributed by atoms with E-state index in [1.807, 2.05) is 54.9 Å². The third-order valence-corrected chi connectivity index (χ3v) is 6.26. The first-order valence-corrected chi connectivity index (χ1v) is 11.4. The van der Waals surface area contributed by atoms with Crippen LogP contribution in [-0.4, -0.2) is 57.3 Å². The van der Waals surface area contributed by atoms with E-state index in [4.69, 9.17) is 0 Å². The third-order valence-electron chi connectivity index (χ3n) is 6.26. The van der Waals surface area contributed by atoms with Gasteiger partial charge in [0.15, 0.2) is 0 Å². The van der Waals surface area contributed by atoms with Gasteiger partial charge in [-0.1, -0.05) is 48.5 Å². The number of hydrogen-bond acceptors (Lipinski definition) is 6. The van der Waals surface area contributed by atoms with Gasteiger partial charge in [-0.05, 0) is 30.0 Å². The Balaban J connectivity index is 1.14. The Labute approximate surface area is 192 Å². The molecule has 1 aliphatic rings. The zero-order chi connectivity index (χ0) is 22.6. The van der Waals surface area contributed by atoms with E-state index in [0.717, 1.165) is 61.6 Å². The Hall–Kier alpha value is -3.71. The molecule has 7 nitrogen and oxygen atoms in total. The topological polar surface area (TPSA) is 74.5 Å². The van der Waals surface area contributed by atoms with Gasteiger partial charge in [0.1, 0.15) is 0 Å². The first-order valence-electron chi connectivity index (χ1n) is 11.4. The monoisotopic (exact) mass is 441 g/mol. The fourth-order valence-corrected chi connectivity index (χ4v) is 4.39. The summed E-state index contributed by atoms with van der Waals surface area (Å²) in [4.78, 5) is 26.2. The lowest BCUT2D eigenvalue weighted by Crippen LogP contribution is -2.47. The molecule has 3 heterocycles. The lowest BCUT2D eigenvalue weighted by Gasteiger charge is -2.34. The number of aromatic nitrogens is 3. The number of anilines is 1. The molecule has 0 radical (unpaired) electrons. The second kappa shape index (κ2) is 9.42. The average molecular weight is 442 g/mol. The summed E-state index contributed by atoms with van der Waals surface area (Å²) in [5.74, 6) is 0.820. The van der Waals surface area contributed by atoms with Gasteiger partial charge in [0.05, 0.1) is 0 Å². The molecule has 168 valence electrons. The molecule has 0 aliphatic carbocycles. The van der Waals surface area contributed by atoms with Crippen LogP contribution in [0.3, 0.4) is 0 Å². The van der Waals surface area contributed by atoms with Crippen molar-refractivity contribution in [3.63, 3.8) is 0 Å². The predicted molar refractivity (Wildman–Crippen MR) is 131 cm³/mol. The normalized spacial score (nSPS) is 14.6. The summed E-state index contributed by atoms with van der Waals surface area (Å²) < 4.78 is 1.47. The average Bonchev–Trinajstić information content (AvgIpc) is 2.87. The maximum Gasteiger partial charge on any atom is 0.253 e. The van der Waals surface area contributed by atoms with Gasteiger partial charge in [0, 0.05) is 62.1 Å². The van der Waals surface area contributed by atoms with Crippen LogP contribution in [0.1, 0.15) is 6.42 Å². The molecule has 0 unspecified atom stereocenters. The van der Waals surface area contributed by atoms with Crippen molar-refractivity contribution < 1.29 is 5.11 Å². The Morgan fingerprint density at radius 1 is 0.818 bits per heavy atom. The van der Waals surface area contributed by atoms with Crippen LogP contribution >= 0.6 is 0 Å². The van der Waals surface area contributed by atoms with Gasteiger partial charge < -0.3 is 10.0 Å². The van der Waals surface area contributed by atoms with Crippen LogP contribution in [0.15, 0.2) is 77.9 Å². The Morgan fingerprint density at radius 3 is 2.27 bits per heavy atom. The highest BCUT2D eigenvalue weighted by Crippen LogP contribution is 2.22. The maximum atomic E-state index is 12.4. The van der Waals surface area contributed by atoms with Gasteiger partial charge in [-0.15, -0.1) is 0 Å². The molecule has 5 rings (SSSR count). The summed E-state index contributed by atoms with van der Waals surface area (Å²) in [7, 11) is 0. The van der Waals surface area contributed by atoms with Gasteiger partial charge in [-0.3, -0.25) is 14.3 Å². The van der Waals surface area contributed by atoms with Crippen molar-refractivity contribution in [1.29, 1.82) is 0 Å². The highest BCUT2D eigenvalue weighted by molar-refractivity contribution is 5.86. The van der Waals surface area contributed by atoms with E-state index < -0.39 is 0 Å². The van der Waals surface area contributed by atoms with Crippen molar-refractivity contribution >= 4 is 16.7 Å². The largest absolute Gasteiger partial charge is 0.494 e. The summed E-state index contributed by atoms with van der Waals surface area (Å²) in [5.41, 5.74) is 1.97. The molecular formula is C26H27N5O2. The fraction of sp³-hybridized carbons (Fsp3) is 0.269. The Kier molecular flexibility index (Phi) is 6.04. The standard InChI is InChI=1S/C26H27N5O2/c32-24-17-21-9-4-5-10-23(21)25(33)31(24)12-6-11-29-13-15-30(16-14-29)26-27-18-22(19-28-26)20-7-2-1-3-8-20/h1-5,7-10,17-19,33H,6,11-16H2. The van der Waals surface area contributed by atoms with Crippen LogP contribution in [-0.2, 0) is 6.54 Å². The van der Waals surface area contributed by atoms with Crippen molar-refractivity contribution in [2.24, 2.45) is 0 Å². The molecule has 1 aliphatic heterocycles. The second-order valence-corrected chi connectivity index (χ2v) is 8.37. The van der Waals surface area contributed by atoms with E-state index in [0.29, 0.717) is 11.9 Å². The molecule has 0 saturated carbocycles. The van der Waals surface area contributed by atoms with Crippen LogP contribution in [0, 0.1) is 0 Å². The first-order chi connectivity index (χ1) is 16.2. The van der Waals surface area contributed by atoms with E-state index in [9.17, 15) is 9.90 Å². The summed E-state index contributed by atoms with van der Waals surface area (Å²) in [5, 5.41) is 12.0. The van der Waals surface area contributed by atoms with Crippen LogP contribution in [0.4, 0.5) is 5.95 Å². The molecule has 33 heavy (non-hydrogen) atoms. The Morgan fingerprint density at radius 2 is 1.52 bits per heavy atom. The number of piperazine rings is 1. The number of hydrogen-bond donors (Lipinski definition) is 1. The molecule has 1 fully saturated rings. The van der Waals surface area contributed by atoms with Crippen molar-refractivity contribution in [2.45, 2.75) is 13.0 Å². The van der Waals surface area contributed by atoms with Crippen molar-refractivity contribution in [1.82, 2.24) is 19.4 Å². The number of rotatable bonds is 6. The van der Waals surface area contributed by atoms with Crippen LogP contribution in [0.25, 0.3) is 21.9 Å². The summed E-state index contributed by atoms with van der Waals surface area (Å²) in [6.45, 7) is 4.95. The Bertz CT molecular complexity index is 1280. The predicted octanol–water partition coefficient (Wildman–Crippen LogP) is 3.38. The van der Waals surface area contributed by atoms with Crippen LogP contribution < -0.4 is 10.5 Å². The van der Waals surface area contributed by atoms with E-state index in [2.05, 4.69) is 31.9 Å². The minimum Gasteiger partial charge on any atom is -0.494 e. The molecule has 7 heteroatoms. The molecule has 0 amide bonds. The lowest BCUT2D eigenvalue weighted by molar-refractivity contribution is 0.247. The van der Waals surface area contributed by atoms with E-state index >= 15 is 0 Å². The quantitative estimate of drug-likeness (QED) is 0.495. The fourth-order valence-electron chi connectivity index (χ4n) is 4.39. The zero-order valence-corrected chi connectivity index (χ0v) is 18.5. The molecule has 1 saturated heterocycles. The number of benzene rings is 2. The summed E-state index contributed by atoms with van der Waals surface area (Å²) in [6.07, 6.45) is 4.57. The molecule has 1 N–H and O–H groups in total. The number of aromatic hydroxyl groups is 1. The van der Waals surface area contributed by atoms with Gasteiger partial charge >= 0.3 is 0 Å². The number of nitrogens with zero attached hydrogens (tertiary/aromatic N) is 5. The van der Waals surface area contributed by atoms with Crippen LogP contribution in [0.5, 0.6) is 5.88 Å². The van der Waals surface area contributed by atoms with Gasteiger partial charge in [-0.2, -0.15) is 0 Å². The van der Waals surface area contributed by atoms with Gasteiger partial charge in [0.2, 0.25) is 11.8 Å². The number of fused-ring (bicyclic) bond motifs is 1. The SMILES string of the molecule is O=c1cc2ccccc2c(O)n1CCCN1CCN(c2ncc(-c3ccccc3)cn2)CC1. The molecule has 4 aromatic rings. The van der Waals surface area contributed by atoms with Crippen LogP contribution in [0.2, 0.25) is 0 Å². The molecule has 0 atom stereocenters. The second-order valence-electron chi connectivity index (χ2n) is 8.37. The van der Waals surface area contributed by atoms with Crippen molar-refractivity contribution in [3.8, 4) is 17.0 Å². The first kappa shape index (κ1) is 21.2. The molecule has 0 spiro atoms. The smallest absolute Gasteiger partial charge is 0.253 e. The van der Waals surface area contributed by atoms with Crippen molar-refractivity contribution in [2.75, 3.05) is 37.6 Å². The maximum absolute atomic E-state index is 12.4. The molecule has 2 aromatic heterocycles. The summed E-state index contributed by atoms with van der Waals surface area (Å²) in [6, 6.07) is 19.2. The third kappa shape index (κ3) is 4.59. The van der Waals surface area contributed by atoms with E-state index in [-0.39, 0.29) is 11.4 Å². The molecule has 2 aromatic carbocycles. The van der Waals surface area contributed by atoms with E-state index in [1.165, 1.54) is 4.57 Å². The van der Waals surface area contributed by atoms with E-state index in [1.54, 1.807) is 6.07 Å². The van der Waals surface area contributed by atoms with Gasteiger partial charge in [0.25, 0.3) is 5.56 Å². The molecular weight excluding hydrogens is 414 g/mol. The summed E-state index contributed by atoms with van der Waals surface area (Å²) >= 11 is 0. The number of pyridine rings is 1. The minimum absolute atomic E-state index is 0.0546. The lowest BCUT2D eigenvalue weighted by atomic mass is 10.1. The zero-order valence-electron chi connectivity index (χ0n) is 18.5. The highest BCUT2D eigenvalue weighted by Gasteiger charge is 2.19. The van der Waals surface area contributed by atoms with Gasteiger partial charge in [-0.25, -0.2) is 9.97 Å². The highest BCUT2D eigenvalue weighted by atomic mass is 16.3.